The van der Waals surface area contributed by atoms with E-state index in [9.17, 15) is 0 Å². The van der Waals surface area contributed by atoms with E-state index in [2.05, 4.69) is 51.4 Å². The van der Waals surface area contributed by atoms with Gasteiger partial charge in [0.05, 0.1) is 0 Å². The SMILES string of the molecule is Clc1cccc(/C=C/C2=CCN(Cc3c[nH]c4ncccc34)CC2)c1. The molecule has 126 valence electrons. The largest absolute Gasteiger partial charge is 0.346 e. The van der Waals surface area contributed by atoms with E-state index >= 15 is 0 Å². The summed E-state index contributed by atoms with van der Waals surface area (Å²) in [5.41, 5.74) is 4.81. The van der Waals surface area contributed by atoms with Crippen molar-refractivity contribution < 1.29 is 0 Å². The van der Waals surface area contributed by atoms with Gasteiger partial charge in [-0.2, -0.15) is 0 Å². The molecule has 4 rings (SSSR count). The van der Waals surface area contributed by atoms with Gasteiger partial charge in [-0.25, -0.2) is 4.98 Å². The van der Waals surface area contributed by atoms with E-state index in [-0.39, 0.29) is 0 Å². The lowest BCUT2D eigenvalue weighted by Gasteiger charge is -2.25. The van der Waals surface area contributed by atoms with Gasteiger partial charge in [0.15, 0.2) is 0 Å². The zero-order chi connectivity index (χ0) is 17.1. The monoisotopic (exact) mass is 349 g/mol. The molecule has 25 heavy (non-hydrogen) atoms. The van der Waals surface area contributed by atoms with Gasteiger partial charge in [0.25, 0.3) is 0 Å². The molecule has 1 aliphatic heterocycles. The summed E-state index contributed by atoms with van der Waals surface area (Å²) in [6, 6.07) is 12.1. The molecule has 0 amide bonds. The lowest BCUT2D eigenvalue weighted by atomic mass is 10.1. The highest BCUT2D eigenvalue weighted by atomic mass is 35.5. The van der Waals surface area contributed by atoms with Crippen LogP contribution < -0.4 is 0 Å². The Bertz CT molecular complexity index is 939. The van der Waals surface area contributed by atoms with Gasteiger partial charge in [-0.15, -0.1) is 0 Å². The van der Waals surface area contributed by atoms with Crippen LogP contribution in [0.25, 0.3) is 17.1 Å². The van der Waals surface area contributed by atoms with Gasteiger partial charge in [0, 0.05) is 42.4 Å². The number of aromatic nitrogens is 2. The Kier molecular flexibility index (Phi) is 4.68. The highest BCUT2D eigenvalue weighted by Crippen LogP contribution is 2.21. The molecule has 0 radical (unpaired) electrons. The van der Waals surface area contributed by atoms with Crippen molar-refractivity contribution in [1.29, 1.82) is 0 Å². The zero-order valence-corrected chi connectivity index (χ0v) is 14.7. The summed E-state index contributed by atoms with van der Waals surface area (Å²) >= 11 is 6.03. The first-order chi connectivity index (χ1) is 12.3. The van der Waals surface area contributed by atoms with Crippen molar-refractivity contribution in [2.75, 3.05) is 13.1 Å². The highest BCUT2D eigenvalue weighted by Gasteiger charge is 2.13. The molecule has 0 saturated heterocycles. The molecule has 0 unspecified atom stereocenters. The molecule has 1 aromatic carbocycles. The van der Waals surface area contributed by atoms with Crippen molar-refractivity contribution in [3.8, 4) is 0 Å². The third kappa shape index (κ3) is 3.84. The third-order valence-electron chi connectivity index (χ3n) is 4.60. The minimum Gasteiger partial charge on any atom is -0.346 e. The fraction of sp³-hybridized carbons (Fsp3) is 0.190. The molecule has 3 heterocycles. The van der Waals surface area contributed by atoms with E-state index in [1.54, 1.807) is 0 Å². The van der Waals surface area contributed by atoms with Crippen LogP contribution in [0.3, 0.4) is 0 Å². The third-order valence-corrected chi connectivity index (χ3v) is 4.83. The van der Waals surface area contributed by atoms with Crippen LogP contribution in [0, 0.1) is 0 Å². The van der Waals surface area contributed by atoms with Crippen molar-refractivity contribution in [3.63, 3.8) is 0 Å². The minimum atomic E-state index is 0.777. The van der Waals surface area contributed by atoms with Gasteiger partial charge in [-0.05, 0) is 47.4 Å². The van der Waals surface area contributed by atoms with E-state index in [0.29, 0.717) is 0 Å². The Morgan fingerprint density at radius 1 is 1.20 bits per heavy atom. The molecule has 1 aliphatic rings. The standard InChI is InChI=1S/C21H20ClN3/c22-19-4-1-3-17(13-19)7-6-16-8-11-25(12-9-16)15-18-14-24-21-20(18)5-2-10-23-21/h1-8,10,13-14H,9,11-12,15H2,(H,23,24)/b7-6+. The van der Waals surface area contributed by atoms with E-state index in [1.165, 1.54) is 16.5 Å². The number of H-pyrrole nitrogens is 1. The van der Waals surface area contributed by atoms with E-state index in [0.717, 1.165) is 42.3 Å². The fourth-order valence-corrected chi connectivity index (χ4v) is 3.42. The first-order valence-electron chi connectivity index (χ1n) is 8.54. The molecular weight excluding hydrogens is 330 g/mol. The normalized spacial score (nSPS) is 15.8. The first-order valence-corrected chi connectivity index (χ1v) is 8.92. The van der Waals surface area contributed by atoms with E-state index in [1.807, 2.05) is 30.5 Å². The topological polar surface area (TPSA) is 31.9 Å². The molecule has 0 bridgehead atoms. The molecule has 0 saturated carbocycles. The van der Waals surface area contributed by atoms with Crippen LogP contribution >= 0.6 is 11.6 Å². The second-order valence-electron chi connectivity index (χ2n) is 6.37. The maximum atomic E-state index is 6.03. The molecular formula is C21H20ClN3. The summed E-state index contributed by atoms with van der Waals surface area (Å²) < 4.78 is 0. The van der Waals surface area contributed by atoms with Crippen LogP contribution in [0.1, 0.15) is 17.5 Å². The van der Waals surface area contributed by atoms with Gasteiger partial charge in [0.1, 0.15) is 5.65 Å². The van der Waals surface area contributed by atoms with Crippen molar-refractivity contribution in [1.82, 2.24) is 14.9 Å². The maximum Gasteiger partial charge on any atom is 0.137 e. The van der Waals surface area contributed by atoms with Crippen LogP contribution in [-0.4, -0.2) is 28.0 Å². The van der Waals surface area contributed by atoms with Gasteiger partial charge in [0.2, 0.25) is 0 Å². The highest BCUT2D eigenvalue weighted by molar-refractivity contribution is 6.30. The number of hydrogen-bond donors (Lipinski definition) is 1. The Labute approximate surface area is 152 Å². The molecule has 3 nitrogen and oxygen atoms in total. The number of pyridine rings is 1. The smallest absolute Gasteiger partial charge is 0.137 e. The molecule has 0 fully saturated rings. The zero-order valence-electron chi connectivity index (χ0n) is 14.0. The number of fused-ring (bicyclic) bond motifs is 1. The first kappa shape index (κ1) is 16.1. The fourth-order valence-electron chi connectivity index (χ4n) is 3.22. The molecule has 0 aliphatic carbocycles. The Hall–Kier alpha value is -2.36. The van der Waals surface area contributed by atoms with Gasteiger partial charge < -0.3 is 4.98 Å². The number of allylic oxidation sites excluding steroid dienone is 1. The summed E-state index contributed by atoms with van der Waals surface area (Å²) in [5, 5.41) is 2.00. The summed E-state index contributed by atoms with van der Waals surface area (Å²) in [6.07, 6.45) is 11.6. The van der Waals surface area contributed by atoms with Gasteiger partial charge in [-0.1, -0.05) is 42.0 Å². The number of hydrogen-bond acceptors (Lipinski definition) is 2. The average molecular weight is 350 g/mol. The van der Waals surface area contributed by atoms with Crippen molar-refractivity contribution in [3.05, 3.63) is 82.7 Å². The number of halogens is 1. The predicted molar refractivity (Wildman–Crippen MR) is 105 cm³/mol. The van der Waals surface area contributed by atoms with E-state index in [4.69, 9.17) is 11.6 Å². The summed E-state index contributed by atoms with van der Waals surface area (Å²) in [5.74, 6) is 0. The van der Waals surface area contributed by atoms with Crippen LogP contribution in [0.5, 0.6) is 0 Å². The van der Waals surface area contributed by atoms with Crippen LogP contribution in [0.4, 0.5) is 0 Å². The summed E-state index contributed by atoms with van der Waals surface area (Å²) in [4.78, 5) is 10.1. The molecule has 0 atom stereocenters. The predicted octanol–water partition coefficient (Wildman–Crippen LogP) is 5.06. The Morgan fingerprint density at radius 3 is 3.00 bits per heavy atom. The number of aromatic amines is 1. The van der Waals surface area contributed by atoms with Crippen LogP contribution in [0.2, 0.25) is 5.02 Å². The lowest BCUT2D eigenvalue weighted by molar-refractivity contribution is 0.288. The van der Waals surface area contributed by atoms with E-state index < -0.39 is 0 Å². The van der Waals surface area contributed by atoms with Crippen molar-refractivity contribution >= 4 is 28.7 Å². The minimum absolute atomic E-state index is 0.777. The maximum absolute atomic E-state index is 6.03. The molecule has 3 aromatic rings. The van der Waals surface area contributed by atoms with Gasteiger partial charge >= 0.3 is 0 Å². The lowest BCUT2D eigenvalue weighted by Crippen LogP contribution is -2.27. The second-order valence-corrected chi connectivity index (χ2v) is 6.80. The molecule has 4 heteroatoms. The van der Waals surface area contributed by atoms with Crippen LogP contribution in [0.15, 0.2) is 66.5 Å². The number of benzene rings is 1. The molecule has 2 aromatic heterocycles. The summed E-state index contributed by atoms with van der Waals surface area (Å²) in [7, 11) is 0. The molecule has 0 spiro atoms. The number of nitrogens with zero attached hydrogens (tertiary/aromatic N) is 2. The Morgan fingerprint density at radius 2 is 2.16 bits per heavy atom. The second kappa shape index (κ2) is 7.26. The van der Waals surface area contributed by atoms with Crippen LogP contribution in [-0.2, 0) is 6.54 Å². The quantitative estimate of drug-likeness (QED) is 0.713. The number of rotatable bonds is 4. The number of nitrogens with one attached hydrogen (secondary N) is 1. The molecule has 1 N–H and O–H groups in total. The average Bonchev–Trinajstić information content (AvgIpc) is 3.04. The van der Waals surface area contributed by atoms with Crippen molar-refractivity contribution in [2.24, 2.45) is 0 Å². The van der Waals surface area contributed by atoms with Gasteiger partial charge in [-0.3, -0.25) is 4.90 Å². The Balaban J connectivity index is 1.40. The summed E-state index contributed by atoms with van der Waals surface area (Å²) in [6.45, 7) is 2.99. The van der Waals surface area contributed by atoms with Crippen molar-refractivity contribution in [2.45, 2.75) is 13.0 Å².